The molecule has 37 heavy (non-hydrogen) atoms. The largest absolute Gasteiger partial charge is 0.261 e. The van der Waals surface area contributed by atoms with E-state index in [1.165, 1.54) is 5.56 Å². The summed E-state index contributed by atoms with van der Waals surface area (Å²) in [6.45, 7) is 2.09. The zero-order chi connectivity index (χ0) is 25.0. The minimum Gasteiger partial charge on any atom is -0.261 e. The van der Waals surface area contributed by atoms with Crippen LogP contribution in [-0.4, -0.2) is 24.9 Å². The van der Waals surface area contributed by atoms with Crippen LogP contribution in [0.4, 0.5) is 0 Å². The third-order valence-electron chi connectivity index (χ3n) is 6.13. The lowest BCUT2D eigenvalue weighted by molar-refractivity contribution is 1.07. The molecule has 2 heterocycles. The van der Waals surface area contributed by atoms with E-state index >= 15 is 0 Å². The van der Waals surface area contributed by atoms with Crippen molar-refractivity contribution in [2.75, 3.05) is 0 Å². The van der Waals surface area contributed by atoms with Gasteiger partial charge >= 0.3 is 0 Å². The predicted octanol–water partition coefficient (Wildman–Crippen LogP) is 7.31. The number of aryl methyl sites for hydroxylation is 1. The van der Waals surface area contributed by atoms with Gasteiger partial charge in [-0.25, -0.2) is 15.0 Å². The van der Waals surface area contributed by atoms with Crippen molar-refractivity contribution in [3.05, 3.63) is 127 Å². The lowest BCUT2D eigenvalue weighted by Gasteiger charge is -2.12. The number of hydrogen-bond donors (Lipinski definition) is 0. The van der Waals surface area contributed by atoms with Crippen LogP contribution in [0.2, 0.25) is 0 Å². The molecular weight excluding hydrogens is 454 g/mol. The molecule has 0 saturated carbocycles. The summed E-state index contributed by atoms with van der Waals surface area (Å²) in [7, 11) is 0. The summed E-state index contributed by atoms with van der Waals surface area (Å²) in [6.07, 6.45) is 5.16. The standard InChI is InChI=1S/C32H23N5/c1-22-12-14-23(15-13-22)26-18-27(29-21-33-16-17-34-29)20-28(19-26)32-36-30(24-8-4-2-5-9-24)35-31(37-32)25-10-6-3-7-11-25/h2-21H,1H3. The van der Waals surface area contributed by atoms with Crippen LogP contribution < -0.4 is 0 Å². The molecule has 0 saturated heterocycles. The second kappa shape index (κ2) is 9.91. The molecule has 2 aromatic heterocycles. The Balaban J connectivity index is 1.58. The van der Waals surface area contributed by atoms with Crippen molar-refractivity contribution in [1.82, 2.24) is 24.9 Å². The van der Waals surface area contributed by atoms with Crippen molar-refractivity contribution >= 4 is 0 Å². The Morgan fingerprint density at radius 1 is 0.459 bits per heavy atom. The number of aromatic nitrogens is 5. The van der Waals surface area contributed by atoms with E-state index in [0.29, 0.717) is 17.5 Å². The van der Waals surface area contributed by atoms with Gasteiger partial charge in [0.2, 0.25) is 0 Å². The first-order chi connectivity index (χ1) is 18.2. The Labute approximate surface area is 215 Å². The zero-order valence-electron chi connectivity index (χ0n) is 20.3. The van der Waals surface area contributed by atoms with Crippen LogP contribution in [-0.2, 0) is 0 Å². The van der Waals surface area contributed by atoms with Gasteiger partial charge in [0.15, 0.2) is 17.5 Å². The molecule has 0 aliphatic heterocycles. The van der Waals surface area contributed by atoms with Crippen LogP contribution in [0.25, 0.3) is 56.5 Å². The summed E-state index contributed by atoms with van der Waals surface area (Å²) in [5.41, 5.74) is 7.88. The topological polar surface area (TPSA) is 64.5 Å². The Morgan fingerprint density at radius 2 is 1.00 bits per heavy atom. The van der Waals surface area contributed by atoms with Gasteiger partial charge in [-0.2, -0.15) is 0 Å². The summed E-state index contributed by atoms with van der Waals surface area (Å²) < 4.78 is 0. The Morgan fingerprint density at radius 3 is 1.57 bits per heavy atom. The second-order valence-electron chi connectivity index (χ2n) is 8.79. The molecule has 0 bridgehead atoms. The molecule has 4 aromatic carbocycles. The van der Waals surface area contributed by atoms with Gasteiger partial charge in [0, 0.05) is 34.6 Å². The fourth-order valence-corrected chi connectivity index (χ4v) is 4.20. The number of nitrogens with zero attached hydrogens (tertiary/aromatic N) is 5. The van der Waals surface area contributed by atoms with E-state index in [-0.39, 0.29) is 0 Å². The van der Waals surface area contributed by atoms with Crippen molar-refractivity contribution in [3.8, 4) is 56.5 Å². The molecule has 6 aromatic rings. The monoisotopic (exact) mass is 477 g/mol. The molecule has 0 amide bonds. The van der Waals surface area contributed by atoms with Gasteiger partial charge < -0.3 is 0 Å². The van der Waals surface area contributed by atoms with E-state index in [0.717, 1.165) is 39.1 Å². The molecule has 6 rings (SSSR count). The quantitative estimate of drug-likeness (QED) is 0.261. The Hall–Kier alpha value is -5.03. The maximum atomic E-state index is 4.92. The van der Waals surface area contributed by atoms with Crippen molar-refractivity contribution in [1.29, 1.82) is 0 Å². The lowest BCUT2D eigenvalue weighted by Crippen LogP contribution is -2.00. The van der Waals surface area contributed by atoms with Crippen LogP contribution in [0.1, 0.15) is 5.56 Å². The van der Waals surface area contributed by atoms with Crippen molar-refractivity contribution < 1.29 is 0 Å². The van der Waals surface area contributed by atoms with Gasteiger partial charge in [0.1, 0.15) is 0 Å². The van der Waals surface area contributed by atoms with Crippen LogP contribution >= 0.6 is 0 Å². The van der Waals surface area contributed by atoms with E-state index in [2.05, 4.69) is 59.4 Å². The first-order valence-electron chi connectivity index (χ1n) is 12.1. The molecule has 0 N–H and O–H groups in total. The van der Waals surface area contributed by atoms with E-state index in [1.807, 2.05) is 60.7 Å². The van der Waals surface area contributed by atoms with Crippen molar-refractivity contribution in [2.24, 2.45) is 0 Å². The highest BCUT2D eigenvalue weighted by molar-refractivity contribution is 5.79. The Bertz CT molecular complexity index is 1590. The summed E-state index contributed by atoms with van der Waals surface area (Å²) in [6, 6.07) is 34.8. The molecule has 0 spiro atoms. The molecule has 5 nitrogen and oxygen atoms in total. The van der Waals surface area contributed by atoms with Gasteiger partial charge in [0.05, 0.1) is 11.9 Å². The van der Waals surface area contributed by atoms with E-state index in [9.17, 15) is 0 Å². The summed E-state index contributed by atoms with van der Waals surface area (Å²) in [5.74, 6) is 1.87. The predicted molar refractivity (Wildman–Crippen MR) is 147 cm³/mol. The number of rotatable bonds is 5. The molecule has 176 valence electrons. The van der Waals surface area contributed by atoms with E-state index < -0.39 is 0 Å². The molecule has 0 atom stereocenters. The average Bonchev–Trinajstić information content (AvgIpc) is 2.98. The van der Waals surface area contributed by atoms with Crippen molar-refractivity contribution in [3.63, 3.8) is 0 Å². The third-order valence-corrected chi connectivity index (χ3v) is 6.13. The smallest absolute Gasteiger partial charge is 0.164 e. The maximum Gasteiger partial charge on any atom is 0.164 e. The van der Waals surface area contributed by atoms with Gasteiger partial charge in [-0.3, -0.25) is 9.97 Å². The van der Waals surface area contributed by atoms with Crippen LogP contribution in [0.15, 0.2) is 122 Å². The highest BCUT2D eigenvalue weighted by Crippen LogP contribution is 2.32. The van der Waals surface area contributed by atoms with Crippen LogP contribution in [0.5, 0.6) is 0 Å². The minimum atomic E-state index is 0.604. The zero-order valence-corrected chi connectivity index (χ0v) is 20.3. The van der Waals surface area contributed by atoms with Gasteiger partial charge in [-0.05, 0) is 36.2 Å². The molecule has 0 aliphatic carbocycles. The SMILES string of the molecule is Cc1ccc(-c2cc(-c3cnccn3)cc(-c3nc(-c4ccccc4)nc(-c4ccccc4)n3)c2)cc1. The van der Waals surface area contributed by atoms with Crippen LogP contribution in [0.3, 0.4) is 0 Å². The summed E-state index contributed by atoms with van der Waals surface area (Å²) in [4.78, 5) is 23.5. The molecule has 0 aliphatic rings. The summed E-state index contributed by atoms with van der Waals surface area (Å²) >= 11 is 0. The number of hydrogen-bond acceptors (Lipinski definition) is 5. The van der Waals surface area contributed by atoms with E-state index in [1.54, 1.807) is 18.6 Å². The summed E-state index contributed by atoms with van der Waals surface area (Å²) in [5, 5.41) is 0. The first kappa shape index (κ1) is 22.4. The van der Waals surface area contributed by atoms with Gasteiger partial charge in [-0.15, -0.1) is 0 Å². The number of benzene rings is 4. The normalized spacial score (nSPS) is 10.8. The molecule has 0 radical (unpaired) electrons. The van der Waals surface area contributed by atoms with E-state index in [4.69, 9.17) is 15.0 Å². The van der Waals surface area contributed by atoms with Gasteiger partial charge in [-0.1, -0.05) is 90.5 Å². The lowest BCUT2D eigenvalue weighted by atomic mass is 9.97. The molecule has 0 unspecified atom stereocenters. The maximum absolute atomic E-state index is 4.92. The van der Waals surface area contributed by atoms with Gasteiger partial charge in [0.25, 0.3) is 0 Å². The fourth-order valence-electron chi connectivity index (χ4n) is 4.20. The average molecular weight is 478 g/mol. The highest BCUT2D eigenvalue weighted by atomic mass is 15.0. The third kappa shape index (κ3) is 4.88. The fraction of sp³-hybridized carbons (Fsp3) is 0.0312. The highest BCUT2D eigenvalue weighted by Gasteiger charge is 2.15. The van der Waals surface area contributed by atoms with Crippen molar-refractivity contribution in [2.45, 2.75) is 6.92 Å². The second-order valence-corrected chi connectivity index (χ2v) is 8.79. The minimum absolute atomic E-state index is 0.604. The van der Waals surface area contributed by atoms with Crippen LogP contribution in [0, 0.1) is 6.92 Å². The molecule has 0 fully saturated rings. The first-order valence-corrected chi connectivity index (χ1v) is 12.1. The Kier molecular flexibility index (Phi) is 6.01. The molecule has 5 heteroatoms. The molecular formula is C32H23N5.